The number of piperidine rings is 1. The van der Waals surface area contributed by atoms with Crippen LogP contribution >= 0.6 is 0 Å². The molecular formula is C33H44N2O7. The van der Waals surface area contributed by atoms with Crippen LogP contribution in [0.5, 0.6) is 11.5 Å². The molecule has 0 bridgehead atoms. The van der Waals surface area contributed by atoms with E-state index in [1.807, 2.05) is 31.2 Å². The molecule has 3 rings (SSSR count). The molecule has 1 N–H and O–H groups in total. The summed E-state index contributed by atoms with van der Waals surface area (Å²) in [5, 5.41) is 2.86. The molecule has 1 aliphatic heterocycles. The molecule has 0 radical (unpaired) electrons. The second kappa shape index (κ2) is 14.8. The van der Waals surface area contributed by atoms with Gasteiger partial charge in [0.25, 0.3) is 5.91 Å². The monoisotopic (exact) mass is 580 g/mol. The molecule has 0 spiro atoms. The summed E-state index contributed by atoms with van der Waals surface area (Å²) in [6.45, 7) is 7.47. The number of carbonyl (C=O) groups is 4. The maximum atomic E-state index is 13.7. The first kappa shape index (κ1) is 32.6. The molecular weight excluding hydrogens is 536 g/mol. The van der Waals surface area contributed by atoms with Gasteiger partial charge in [-0.15, -0.1) is 0 Å². The Morgan fingerprint density at radius 2 is 1.74 bits per heavy atom. The van der Waals surface area contributed by atoms with Gasteiger partial charge in [0.15, 0.2) is 11.5 Å². The molecule has 0 aliphatic carbocycles. The van der Waals surface area contributed by atoms with Gasteiger partial charge in [-0.1, -0.05) is 45.9 Å². The van der Waals surface area contributed by atoms with E-state index < -0.39 is 35.2 Å². The standard InChI is InChI=1S/C33H44N2O7/c1-7-29(36)34-24-13-11-12-23(21-24)26(17-15-22-16-18-27(40-5)28(20-22)41-6)42-32(39)25-14-9-10-19-35(25)31(38)30(37)33(3,4)8-2/h11-13,16,18,20-21,25-26H,7-10,14-15,17,19H2,1-6H3,(H,34,36)/t25-,26+/m0/s1. The fourth-order valence-corrected chi connectivity index (χ4v) is 4.91. The Morgan fingerprint density at radius 3 is 2.40 bits per heavy atom. The SMILES string of the molecule is CCC(=O)Nc1cccc([C@@H](CCc2ccc(OC)c(OC)c2)OC(=O)[C@@H]2CCCCN2C(=O)C(=O)C(C)(C)CC)c1. The van der Waals surface area contributed by atoms with Crippen molar-refractivity contribution >= 4 is 29.3 Å². The summed E-state index contributed by atoms with van der Waals surface area (Å²) in [4.78, 5) is 53.4. The molecule has 2 amide bonds. The lowest BCUT2D eigenvalue weighted by atomic mass is 9.84. The minimum absolute atomic E-state index is 0.123. The lowest BCUT2D eigenvalue weighted by Gasteiger charge is -2.36. The normalized spacial score (nSPS) is 15.9. The van der Waals surface area contributed by atoms with E-state index in [2.05, 4.69) is 5.32 Å². The minimum Gasteiger partial charge on any atom is -0.493 e. The van der Waals surface area contributed by atoms with Crippen LogP contribution in [0.2, 0.25) is 0 Å². The summed E-state index contributed by atoms with van der Waals surface area (Å²) in [5.41, 5.74) is 1.47. The summed E-state index contributed by atoms with van der Waals surface area (Å²) in [5.74, 6) is -0.563. The first-order valence-electron chi connectivity index (χ1n) is 14.7. The van der Waals surface area contributed by atoms with E-state index in [1.165, 1.54) is 4.90 Å². The summed E-state index contributed by atoms with van der Waals surface area (Å²) in [6, 6.07) is 12.1. The van der Waals surface area contributed by atoms with Crippen LogP contribution in [0.1, 0.15) is 83.5 Å². The van der Waals surface area contributed by atoms with Crippen molar-refractivity contribution in [3.8, 4) is 11.5 Å². The molecule has 42 heavy (non-hydrogen) atoms. The summed E-state index contributed by atoms with van der Waals surface area (Å²) in [7, 11) is 3.15. The first-order chi connectivity index (χ1) is 20.0. The number of benzene rings is 2. The van der Waals surface area contributed by atoms with Gasteiger partial charge in [-0.2, -0.15) is 0 Å². The molecule has 9 heteroatoms. The van der Waals surface area contributed by atoms with Gasteiger partial charge in [0.05, 0.1) is 14.2 Å². The van der Waals surface area contributed by atoms with Crippen LogP contribution in [0.3, 0.4) is 0 Å². The Bertz CT molecular complexity index is 1270. The number of likely N-dealkylation sites (tertiary alicyclic amines) is 1. The van der Waals surface area contributed by atoms with Crippen LogP contribution < -0.4 is 14.8 Å². The van der Waals surface area contributed by atoms with E-state index in [0.717, 1.165) is 24.0 Å². The van der Waals surface area contributed by atoms with Crippen molar-refractivity contribution in [2.45, 2.75) is 84.8 Å². The van der Waals surface area contributed by atoms with Crippen molar-refractivity contribution in [2.24, 2.45) is 5.41 Å². The zero-order chi connectivity index (χ0) is 30.9. The molecule has 0 aromatic heterocycles. The highest BCUT2D eigenvalue weighted by Crippen LogP contribution is 2.32. The topological polar surface area (TPSA) is 111 Å². The van der Waals surface area contributed by atoms with Crippen molar-refractivity contribution in [3.05, 3.63) is 53.6 Å². The molecule has 1 aliphatic rings. The average molecular weight is 581 g/mol. The Balaban J connectivity index is 1.88. The molecule has 1 saturated heterocycles. The van der Waals surface area contributed by atoms with Crippen LogP contribution in [0.25, 0.3) is 0 Å². The number of nitrogens with one attached hydrogen (secondary N) is 1. The summed E-state index contributed by atoms with van der Waals surface area (Å²) in [6.07, 6.45) is 3.09. The van der Waals surface area contributed by atoms with E-state index in [1.54, 1.807) is 53.2 Å². The molecule has 0 saturated carbocycles. The van der Waals surface area contributed by atoms with E-state index in [-0.39, 0.29) is 5.91 Å². The fraction of sp³-hybridized carbons (Fsp3) is 0.515. The van der Waals surface area contributed by atoms with Gasteiger partial charge in [-0.05, 0) is 73.9 Å². The number of amides is 2. The van der Waals surface area contributed by atoms with Crippen molar-refractivity contribution in [1.82, 2.24) is 4.90 Å². The lowest BCUT2D eigenvalue weighted by molar-refractivity contribution is -0.164. The number of methoxy groups -OCH3 is 2. The third kappa shape index (κ3) is 8.11. The summed E-state index contributed by atoms with van der Waals surface area (Å²) >= 11 is 0. The second-order valence-corrected chi connectivity index (χ2v) is 11.3. The number of hydrogen-bond donors (Lipinski definition) is 1. The van der Waals surface area contributed by atoms with Crippen LogP contribution in [0, 0.1) is 5.41 Å². The Morgan fingerprint density at radius 1 is 1.00 bits per heavy atom. The van der Waals surface area contributed by atoms with Crippen molar-refractivity contribution in [3.63, 3.8) is 0 Å². The van der Waals surface area contributed by atoms with Crippen LogP contribution in [0.15, 0.2) is 42.5 Å². The predicted molar refractivity (Wildman–Crippen MR) is 160 cm³/mol. The average Bonchev–Trinajstić information content (AvgIpc) is 3.01. The summed E-state index contributed by atoms with van der Waals surface area (Å²) < 4.78 is 16.9. The van der Waals surface area contributed by atoms with Crippen LogP contribution in [-0.2, 0) is 30.3 Å². The number of rotatable bonds is 13. The molecule has 228 valence electrons. The predicted octanol–water partition coefficient (Wildman–Crippen LogP) is 5.66. The number of hydrogen-bond acceptors (Lipinski definition) is 7. The lowest BCUT2D eigenvalue weighted by Crippen LogP contribution is -2.53. The van der Waals surface area contributed by atoms with Crippen molar-refractivity contribution in [2.75, 3.05) is 26.1 Å². The number of ether oxygens (including phenoxy) is 3. The van der Waals surface area contributed by atoms with Gasteiger partial charge < -0.3 is 24.4 Å². The molecule has 2 aromatic carbocycles. The highest BCUT2D eigenvalue weighted by molar-refractivity contribution is 6.38. The van der Waals surface area contributed by atoms with Gasteiger partial charge in [0.1, 0.15) is 12.1 Å². The Labute approximate surface area is 248 Å². The largest absolute Gasteiger partial charge is 0.493 e. The quantitative estimate of drug-likeness (QED) is 0.241. The Hall–Kier alpha value is -3.88. The van der Waals surface area contributed by atoms with Crippen LogP contribution in [-0.4, -0.2) is 55.3 Å². The highest BCUT2D eigenvalue weighted by atomic mass is 16.5. The van der Waals surface area contributed by atoms with Gasteiger partial charge in [0.2, 0.25) is 11.7 Å². The second-order valence-electron chi connectivity index (χ2n) is 11.3. The zero-order valence-electron chi connectivity index (χ0n) is 25.7. The third-order valence-electron chi connectivity index (χ3n) is 7.99. The minimum atomic E-state index is -0.839. The number of aryl methyl sites for hydroxylation is 1. The number of anilines is 1. The maximum Gasteiger partial charge on any atom is 0.329 e. The number of esters is 1. The van der Waals surface area contributed by atoms with E-state index in [9.17, 15) is 19.2 Å². The van der Waals surface area contributed by atoms with Gasteiger partial charge in [0, 0.05) is 24.1 Å². The highest BCUT2D eigenvalue weighted by Gasteiger charge is 2.41. The first-order valence-corrected chi connectivity index (χ1v) is 14.7. The van der Waals surface area contributed by atoms with Gasteiger partial charge >= 0.3 is 5.97 Å². The molecule has 1 heterocycles. The van der Waals surface area contributed by atoms with E-state index >= 15 is 0 Å². The van der Waals surface area contributed by atoms with Gasteiger partial charge in [-0.25, -0.2) is 4.79 Å². The van der Waals surface area contributed by atoms with Gasteiger partial charge in [-0.3, -0.25) is 14.4 Å². The van der Waals surface area contributed by atoms with Crippen molar-refractivity contribution < 1.29 is 33.4 Å². The maximum absolute atomic E-state index is 13.7. The Kier molecular flexibility index (Phi) is 11.5. The molecule has 1 fully saturated rings. The van der Waals surface area contributed by atoms with E-state index in [0.29, 0.717) is 55.8 Å². The fourth-order valence-electron chi connectivity index (χ4n) is 4.91. The molecule has 2 aromatic rings. The number of nitrogens with zero attached hydrogens (tertiary/aromatic N) is 1. The van der Waals surface area contributed by atoms with E-state index in [4.69, 9.17) is 14.2 Å². The molecule has 0 unspecified atom stereocenters. The third-order valence-corrected chi connectivity index (χ3v) is 7.99. The molecule has 2 atom stereocenters. The van der Waals surface area contributed by atoms with Crippen LogP contribution in [0.4, 0.5) is 5.69 Å². The number of ketones is 1. The smallest absolute Gasteiger partial charge is 0.329 e. The zero-order valence-corrected chi connectivity index (χ0v) is 25.7. The molecule has 9 nitrogen and oxygen atoms in total. The van der Waals surface area contributed by atoms with Crippen molar-refractivity contribution in [1.29, 1.82) is 0 Å². The number of Topliss-reactive ketones (excluding diaryl/α,β-unsaturated/α-hetero) is 1. The number of carbonyl (C=O) groups excluding carboxylic acids is 4.